The molecule has 0 aliphatic rings. The van der Waals surface area contributed by atoms with E-state index in [1.165, 1.54) is 12.3 Å². The van der Waals surface area contributed by atoms with Crippen molar-refractivity contribution in [1.29, 1.82) is 0 Å². The molecule has 0 saturated carbocycles. The third-order valence-electron chi connectivity index (χ3n) is 4.44. The molecule has 34 heavy (non-hydrogen) atoms. The van der Waals surface area contributed by atoms with Gasteiger partial charge in [0, 0.05) is 21.4 Å². The molecule has 8 nitrogen and oxygen atoms in total. The Hall–Kier alpha value is -3.88. The normalized spacial score (nSPS) is 10.6. The maximum Gasteiger partial charge on any atom is 0.329 e. The van der Waals surface area contributed by atoms with Crippen molar-refractivity contribution in [1.82, 2.24) is 5.43 Å². The summed E-state index contributed by atoms with van der Waals surface area (Å²) in [6.07, 6.45) is 1.34. The first-order chi connectivity index (χ1) is 16.3. The SMILES string of the molecule is Cc1c(Cl)cccc1NC(=O)COc1cccc(/C=N\NC(=O)C(=O)Nc2cccc(Cl)c2)c1. The van der Waals surface area contributed by atoms with Crippen LogP contribution in [0.3, 0.4) is 0 Å². The van der Waals surface area contributed by atoms with E-state index in [9.17, 15) is 14.4 Å². The number of nitrogens with zero attached hydrogens (tertiary/aromatic N) is 1. The molecule has 3 amide bonds. The summed E-state index contributed by atoms with van der Waals surface area (Å²) in [5, 5.41) is 9.92. The van der Waals surface area contributed by atoms with Crippen molar-refractivity contribution in [3.63, 3.8) is 0 Å². The number of rotatable bonds is 7. The summed E-state index contributed by atoms with van der Waals surface area (Å²) in [5.74, 6) is -1.76. The van der Waals surface area contributed by atoms with Gasteiger partial charge in [0.15, 0.2) is 6.61 Å². The molecule has 3 aromatic rings. The number of halogens is 2. The van der Waals surface area contributed by atoms with Gasteiger partial charge in [-0.2, -0.15) is 5.10 Å². The van der Waals surface area contributed by atoms with Gasteiger partial charge in [0.1, 0.15) is 5.75 Å². The Kier molecular flexibility index (Phi) is 8.61. The number of benzene rings is 3. The van der Waals surface area contributed by atoms with Crippen LogP contribution in [0.4, 0.5) is 11.4 Å². The molecule has 0 aliphatic carbocycles. The average molecular weight is 499 g/mol. The quantitative estimate of drug-likeness (QED) is 0.254. The van der Waals surface area contributed by atoms with E-state index in [-0.39, 0.29) is 12.5 Å². The van der Waals surface area contributed by atoms with Crippen LogP contribution in [0.1, 0.15) is 11.1 Å². The van der Waals surface area contributed by atoms with E-state index in [0.29, 0.717) is 32.7 Å². The lowest BCUT2D eigenvalue weighted by Crippen LogP contribution is -2.32. The summed E-state index contributed by atoms with van der Waals surface area (Å²) < 4.78 is 5.52. The van der Waals surface area contributed by atoms with Gasteiger partial charge in [0.25, 0.3) is 5.91 Å². The second kappa shape index (κ2) is 11.8. The lowest BCUT2D eigenvalue weighted by molar-refractivity contribution is -0.136. The van der Waals surface area contributed by atoms with E-state index in [1.807, 2.05) is 0 Å². The summed E-state index contributed by atoms with van der Waals surface area (Å²) in [6.45, 7) is 1.59. The Bertz CT molecular complexity index is 1250. The first-order valence-electron chi connectivity index (χ1n) is 9.99. The minimum atomic E-state index is -0.948. The molecular weight excluding hydrogens is 479 g/mol. The molecule has 10 heteroatoms. The van der Waals surface area contributed by atoms with Crippen LogP contribution in [0, 0.1) is 6.92 Å². The van der Waals surface area contributed by atoms with Gasteiger partial charge in [-0.15, -0.1) is 0 Å². The lowest BCUT2D eigenvalue weighted by Gasteiger charge is -2.10. The predicted molar refractivity (Wildman–Crippen MR) is 133 cm³/mol. The minimum absolute atomic E-state index is 0.215. The van der Waals surface area contributed by atoms with Crippen molar-refractivity contribution in [3.8, 4) is 5.75 Å². The predicted octanol–water partition coefficient (Wildman–Crippen LogP) is 4.41. The Labute approximate surface area is 205 Å². The number of hydrogen-bond donors (Lipinski definition) is 3. The molecule has 0 aromatic heterocycles. The molecule has 0 saturated heterocycles. The van der Waals surface area contributed by atoms with E-state index in [2.05, 4.69) is 21.2 Å². The van der Waals surface area contributed by atoms with Crippen LogP contribution in [-0.2, 0) is 14.4 Å². The highest BCUT2D eigenvalue weighted by atomic mass is 35.5. The van der Waals surface area contributed by atoms with E-state index >= 15 is 0 Å². The van der Waals surface area contributed by atoms with E-state index in [0.717, 1.165) is 5.56 Å². The summed E-state index contributed by atoms with van der Waals surface area (Å²) in [5.41, 5.74) is 4.48. The standard InChI is InChI=1S/C24H20Cl2N4O4/c1-15-20(26)9-4-10-21(15)29-22(31)14-34-19-8-2-5-16(11-19)13-27-30-24(33)23(32)28-18-7-3-6-17(25)12-18/h2-13H,14H2,1H3,(H,28,32)(H,29,31)(H,30,33)/b27-13-. The average Bonchev–Trinajstić information content (AvgIpc) is 2.81. The number of carbonyl (C=O) groups excluding carboxylic acids is 3. The van der Waals surface area contributed by atoms with E-state index in [1.54, 1.807) is 67.6 Å². The topological polar surface area (TPSA) is 109 Å². The Morgan fingerprint density at radius 2 is 1.71 bits per heavy atom. The number of ether oxygens (including phenoxy) is 1. The highest BCUT2D eigenvalue weighted by molar-refractivity contribution is 6.39. The number of hydrazone groups is 1. The maximum absolute atomic E-state index is 12.2. The third-order valence-corrected chi connectivity index (χ3v) is 5.08. The van der Waals surface area contributed by atoms with Gasteiger partial charge in [-0.1, -0.05) is 47.5 Å². The van der Waals surface area contributed by atoms with Gasteiger partial charge in [-0.3, -0.25) is 14.4 Å². The molecule has 0 radical (unpaired) electrons. The molecule has 0 spiro atoms. The highest BCUT2D eigenvalue weighted by Crippen LogP contribution is 2.23. The summed E-state index contributed by atoms with van der Waals surface area (Å²) in [6, 6.07) is 18.3. The molecule has 3 rings (SSSR count). The van der Waals surface area contributed by atoms with Crippen LogP contribution < -0.4 is 20.8 Å². The van der Waals surface area contributed by atoms with Gasteiger partial charge < -0.3 is 15.4 Å². The van der Waals surface area contributed by atoms with Crippen molar-refractivity contribution < 1.29 is 19.1 Å². The largest absolute Gasteiger partial charge is 0.484 e. The van der Waals surface area contributed by atoms with E-state index in [4.69, 9.17) is 27.9 Å². The molecule has 0 heterocycles. The van der Waals surface area contributed by atoms with Crippen LogP contribution in [0.15, 0.2) is 71.8 Å². The van der Waals surface area contributed by atoms with Crippen LogP contribution in [0.5, 0.6) is 5.75 Å². The van der Waals surface area contributed by atoms with Crippen LogP contribution in [0.25, 0.3) is 0 Å². The third kappa shape index (κ3) is 7.33. The van der Waals surface area contributed by atoms with Crippen molar-refractivity contribution in [2.45, 2.75) is 6.92 Å². The number of amides is 3. The number of carbonyl (C=O) groups is 3. The fraction of sp³-hybridized carbons (Fsp3) is 0.0833. The Morgan fingerprint density at radius 1 is 0.941 bits per heavy atom. The van der Waals surface area contributed by atoms with Crippen molar-refractivity contribution in [2.24, 2.45) is 5.10 Å². The molecule has 3 N–H and O–H groups in total. The second-order valence-electron chi connectivity index (χ2n) is 6.99. The van der Waals surface area contributed by atoms with Gasteiger partial charge in [-0.25, -0.2) is 5.43 Å². The smallest absolute Gasteiger partial charge is 0.329 e. The monoisotopic (exact) mass is 498 g/mol. The Balaban J connectivity index is 1.49. The lowest BCUT2D eigenvalue weighted by atomic mass is 10.2. The summed E-state index contributed by atoms with van der Waals surface area (Å²) in [7, 11) is 0. The first-order valence-corrected chi connectivity index (χ1v) is 10.7. The zero-order chi connectivity index (χ0) is 24.5. The zero-order valence-electron chi connectivity index (χ0n) is 18.0. The van der Waals surface area contributed by atoms with Crippen LogP contribution >= 0.6 is 23.2 Å². The molecule has 3 aromatic carbocycles. The molecule has 0 bridgehead atoms. The van der Waals surface area contributed by atoms with Gasteiger partial charge in [-0.05, 0) is 60.5 Å². The summed E-state index contributed by atoms with van der Waals surface area (Å²) in [4.78, 5) is 36.0. The van der Waals surface area contributed by atoms with Gasteiger partial charge in [0.05, 0.1) is 6.21 Å². The van der Waals surface area contributed by atoms with Crippen LogP contribution in [0.2, 0.25) is 10.0 Å². The van der Waals surface area contributed by atoms with Crippen LogP contribution in [-0.4, -0.2) is 30.5 Å². The second-order valence-corrected chi connectivity index (χ2v) is 7.83. The molecule has 0 atom stereocenters. The van der Waals surface area contributed by atoms with Crippen molar-refractivity contribution in [3.05, 3.63) is 87.9 Å². The minimum Gasteiger partial charge on any atom is -0.484 e. The highest BCUT2D eigenvalue weighted by Gasteiger charge is 2.13. The fourth-order valence-electron chi connectivity index (χ4n) is 2.73. The molecule has 0 fully saturated rings. The number of anilines is 2. The number of nitrogens with one attached hydrogen (secondary N) is 3. The molecule has 174 valence electrons. The molecule has 0 unspecified atom stereocenters. The van der Waals surface area contributed by atoms with Gasteiger partial charge in [0.2, 0.25) is 0 Å². The Morgan fingerprint density at radius 3 is 2.50 bits per heavy atom. The van der Waals surface area contributed by atoms with Gasteiger partial charge >= 0.3 is 11.8 Å². The van der Waals surface area contributed by atoms with E-state index < -0.39 is 11.8 Å². The number of hydrogen-bond acceptors (Lipinski definition) is 5. The zero-order valence-corrected chi connectivity index (χ0v) is 19.5. The maximum atomic E-state index is 12.2. The fourth-order valence-corrected chi connectivity index (χ4v) is 3.10. The molecular formula is C24H20Cl2N4O4. The first kappa shape index (κ1) is 24.8. The van der Waals surface area contributed by atoms with Crippen molar-refractivity contribution >= 4 is 58.5 Å². The van der Waals surface area contributed by atoms with Crippen molar-refractivity contribution in [2.75, 3.05) is 17.2 Å². The molecule has 0 aliphatic heterocycles. The summed E-state index contributed by atoms with van der Waals surface area (Å²) >= 11 is 11.9.